The zero-order valence-corrected chi connectivity index (χ0v) is 10.9. The Balaban J connectivity index is 1.91. The van der Waals surface area contributed by atoms with Crippen LogP contribution in [0.5, 0.6) is 0 Å². The molecule has 1 N–H and O–H groups in total. The van der Waals surface area contributed by atoms with Crippen LogP contribution in [-0.4, -0.2) is 18.6 Å². The molecule has 1 aliphatic carbocycles. The van der Waals surface area contributed by atoms with Crippen molar-refractivity contribution in [2.75, 3.05) is 18.0 Å². The van der Waals surface area contributed by atoms with Crippen LogP contribution < -0.4 is 10.2 Å². The zero-order chi connectivity index (χ0) is 11.9. The van der Waals surface area contributed by atoms with Gasteiger partial charge in [-0.05, 0) is 44.2 Å². The third kappa shape index (κ3) is 2.47. The van der Waals surface area contributed by atoms with E-state index >= 15 is 0 Å². The topological polar surface area (TPSA) is 15.3 Å². The lowest BCUT2D eigenvalue weighted by Crippen LogP contribution is -2.47. The van der Waals surface area contributed by atoms with Crippen LogP contribution in [0.15, 0.2) is 24.3 Å². The van der Waals surface area contributed by atoms with E-state index in [-0.39, 0.29) is 5.54 Å². The molecule has 1 aliphatic heterocycles. The summed E-state index contributed by atoms with van der Waals surface area (Å²) in [6, 6.07) is 8.84. The third-order valence-electron chi connectivity index (χ3n) is 3.85. The Labute approximate surface area is 104 Å². The monoisotopic (exact) mass is 230 g/mol. The second-order valence-electron chi connectivity index (χ2n) is 6.19. The quantitative estimate of drug-likeness (QED) is 0.840. The van der Waals surface area contributed by atoms with E-state index in [1.165, 1.54) is 30.6 Å². The van der Waals surface area contributed by atoms with Crippen molar-refractivity contribution in [1.82, 2.24) is 5.32 Å². The fourth-order valence-electron chi connectivity index (χ4n) is 2.70. The zero-order valence-electron chi connectivity index (χ0n) is 10.9. The fourth-order valence-corrected chi connectivity index (χ4v) is 2.70. The molecule has 0 saturated heterocycles. The largest absolute Gasteiger partial charge is 0.369 e. The van der Waals surface area contributed by atoms with Gasteiger partial charge in [0.25, 0.3) is 0 Å². The van der Waals surface area contributed by atoms with Crippen molar-refractivity contribution in [3.8, 4) is 0 Å². The molecule has 0 amide bonds. The molecule has 1 fully saturated rings. The Kier molecular flexibility index (Phi) is 2.62. The number of nitrogens with one attached hydrogen (secondary N) is 1. The maximum absolute atomic E-state index is 3.66. The molecule has 0 atom stereocenters. The first kappa shape index (κ1) is 11.1. The lowest BCUT2D eigenvalue weighted by atomic mass is 10.1. The van der Waals surface area contributed by atoms with Gasteiger partial charge in [0.05, 0.1) is 0 Å². The van der Waals surface area contributed by atoms with E-state index in [0.29, 0.717) is 0 Å². The first-order valence-corrected chi connectivity index (χ1v) is 6.72. The first-order chi connectivity index (χ1) is 8.14. The summed E-state index contributed by atoms with van der Waals surface area (Å²) in [4.78, 5) is 2.59. The van der Waals surface area contributed by atoms with Crippen molar-refractivity contribution >= 4 is 5.69 Å². The molecule has 1 aromatic rings. The molecule has 0 spiro atoms. The van der Waals surface area contributed by atoms with E-state index in [1.807, 2.05) is 0 Å². The number of anilines is 1. The fraction of sp³-hybridized carbons (Fsp3) is 0.600. The van der Waals surface area contributed by atoms with Crippen molar-refractivity contribution in [2.24, 2.45) is 5.92 Å². The Hall–Kier alpha value is -1.02. The molecule has 2 nitrogen and oxygen atoms in total. The maximum atomic E-state index is 3.66. The highest BCUT2D eigenvalue weighted by Gasteiger charge is 2.31. The van der Waals surface area contributed by atoms with Crippen LogP contribution >= 0.6 is 0 Å². The minimum Gasteiger partial charge on any atom is -0.369 e. The van der Waals surface area contributed by atoms with E-state index in [2.05, 4.69) is 48.3 Å². The minimum atomic E-state index is 0.202. The molecule has 0 unspecified atom stereocenters. The van der Waals surface area contributed by atoms with Gasteiger partial charge in [-0.3, -0.25) is 0 Å². The van der Waals surface area contributed by atoms with Crippen molar-refractivity contribution < 1.29 is 0 Å². The lowest BCUT2D eigenvalue weighted by molar-refractivity contribution is 0.394. The van der Waals surface area contributed by atoms with Crippen LogP contribution in [0.25, 0.3) is 0 Å². The summed E-state index contributed by atoms with van der Waals surface area (Å²) in [5, 5.41) is 3.66. The summed E-state index contributed by atoms with van der Waals surface area (Å²) in [5.41, 5.74) is 3.09. The molecular weight excluding hydrogens is 208 g/mol. The molecule has 92 valence electrons. The van der Waals surface area contributed by atoms with Gasteiger partial charge < -0.3 is 10.2 Å². The highest BCUT2D eigenvalue weighted by atomic mass is 15.2. The van der Waals surface area contributed by atoms with Crippen LogP contribution in [0, 0.1) is 5.92 Å². The van der Waals surface area contributed by atoms with Gasteiger partial charge in [0.2, 0.25) is 0 Å². The van der Waals surface area contributed by atoms with Crippen molar-refractivity contribution in [2.45, 2.75) is 38.8 Å². The average molecular weight is 230 g/mol. The summed E-state index contributed by atoms with van der Waals surface area (Å²) in [5.74, 6) is 0.942. The Morgan fingerprint density at radius 2 is 2.06 bits per heavy atom. The summed E-state index contributed by atoms with van der Waals surface area (Å²) in [6.45, 7) is 7.95. The van der Waals surface area contributed by atoms with Crippen LogP contribution in [0.2, 0.25) is 0 Å². The van der Waals surface area contributed by atoms with Crippen LogP contribution in [0.3, 0.4) is 0 Å². The number of hydrogen-bond acceptors (Lipinski definition) is 2. The molecular formula is C15H22N2. The van der Waals surface area contributed by atoms with E-state index in [4.69, 9.17) is 0 Å². The van der Waals surface area contributed by atoms with Crippen molar-refractivity contribution in [3.63, 3.8) is 0 Å². The summed E-state index contributed by atoms with van der Waals surface area (Å²) in [7, 11) is 0. The molecule has 2 aliphatic rings. The van der Waals surface area contributed by atoms with E-state index in [9.17, 15) is 0 Å². The maximum Gasteiger partial charge on any atom is 0.0412 e. The average Bonchev–Trinajstić information content (AvgIpc) is 3.10. The normalized spacial score (nSPS) is 23.1. The Bertz CT molecular complexity index is 407. The Morgan fingerprint density at radius 3 is 2.82 bits per heavy atom. The van der Waals surface area contributed by atoms with E-state index in [1.54, 1.807) is 0 Å². The number of para-hydroxylation sites is 1. The van der Waals surface area contributed by atoms with Gasteiger partial charge in [-0.25, -0.2) is 0 Å². The summed E-state index contributed by atoms with van der Waals surface area (Å²) >= 11 is 0. The molecule has 1 aromatic carbocycles. The van der Waals surface area contributed by atoms with E-state index < -0.39 is 0 Å². The molecule has 0 bridgehead atoms. The molecule has 0 aromatic heterocycles. The van der Waals surface area contributed by atoms with Gasteiger partial charge in [0, 0.05) is 30.9 Å². The molecule has 3 rings (SSSR count). The standard InChI is InChI=1S/C15H22N2/c1-15(2)11-17(10-12-7-8-12)14-6-4-3-5-13(14)9-16-15/h3-6,12,16H,7-11H2,1-2H3. The van der Waals surface area contributed by atoms with Crippen LogP contribution in [0.4, 0.5) is 5.69 Å². The number of hydrogen-bond donors (Lipinski definition) is 1. The number of nitrogens with zero attached hydrogens (tertiary/aromatic N) is 1. The van der Waals surface area contributed by atoms with Gasteiger partial charge >= 0.3 is 0 Å². The first-order valence-electron chi connectivity index (χ1n) is 6.72. The van der Waals surface area contributed by atoms with E-state index in [0.717, 1.165) is 19.0 Å². The molecule has 2 heteroatoms. The summed E-state index contributed by atoms with van der Waals surface area (Å²) in [6.07, 6.45) is 2.85. The second kappa shape index (κ2) is 4.02. The predicted molar refractivity (Wildman–Crippen MR) is 72.3 cm³/mol. The third-order valence-corrected chi connectivity index (χ3v) is 3.85. The van der Waals surface area contributed by atoms with Crippen LogP contribution in [0.1, 0.15) is 32.3 Å². The molecule has 17 heavy (non-hydrogen) atoms. The summed E-state index contributed by atoms with van der Waals surface area (Å²) < 4.78 is 0. The van der Waals surface area contributed by atoms with Gasteiger partial charge in [-0.2, -0.15) is 0 Å². The Morgan fingerprint density at radius 1 is 1.29 bits per heavy atom. The molecule has 1 heterocycles. The lowest BCUT2D eigenvalue weighted by Gasteiger charge is -2.32. The van der Waals surface area contributed by atoms with Crippen molar-refractivity contribution in [1.29, 1.82) is 0 Å². The number of benzene rings is 1. The van der Waals surface area contributed by atoms with Gasteiger partial charge in [0.15, 0.2) is 0 Å². The van der Waals surface area contributed by atoms with Gasteiger partial charge in [-0.1, -0.05) is 18.2 Å². The van der Waals surface area contributed by atoms with Crippen molar-refractivity contribution in [3.05, 3.63) is 29.8 Å². The molecule has 1 saturated carbocycles. The minimum absolute atomic E-state index is 0.202. The predicted octanol–water partition coefficient (Wildman–Crippen LogP) is 2.78. The SMILES string of the molecule is CC1(C)CN(CC2CC2)c2ccccc2CN1. The molecule has 0 radical (unpaired) electrons. The van der Waals surface area contributed by atoms with Crippen LogP contribution in [-0.2, 0) is 6.54 Å². The van der Waals surface area contributed by atoms with Gasteiger partial charge in [-0.15, -0.1) is 0 Å². The highest BCUT2D eigenvalue weighted by molar-refractivity contribution is 5.55. The number of fused-ring (bicyclic) bond motifs is 1. The second-order valence-corrected chi connectivity index (χ2v) is 6.19. The number of rotatable bonds is 2. The smallest absolute Gasteiger partial charge is 0.0412 e. The highest BCUT2D eigenvalue weighted by Crippen LogP contribution is 2.34. The van der Waals surface area contributed by atoms with Gasteiger partial charge in [0.1, 0.15) is 0 Å².